The Labute approximate surface area is 184 Å². The average molecular weight is 418 g/mol. The van der Waals surface area contributed by atoms with E-state index in [2.05, 4.69) is 58.6 Å². The number of piperazine rings is 1. The number of carbonyl (C=O) groups is 1. The lowest BCUT2D eigenvalue weighted by atomic mass is 10.1. The van der Waals surface area contributed by atoms with Crippen molar-refractivity contribution < 1.29 is 9.53 Å². The summed E-state index contributed by atoms with van der Waals surface area (Å²) in [6.07, 6.45) is 0.104. The van der Waals surface area contributed by atoms with E-state index in [-0.39, 0.29) is 5.91 Å². The van der Waals surface area contributed by atoms with Gasteiger partial charge in [-0.3, -0.25) is 4.79 Å². The van der Waals surface area contributed by atoms with Gasteiger partial charge in [-0.05, 0) is 54.1 Å². The molecule has 0 aliphatic carbocycles. The molecule has 1 heterocycles. The fraction of sp³-hybridized carbons (Fsp3) is 0.346. The number of benzene rings is 3. The van der Waals surface area contributed by atoms with Gasteiger partial charge in [-0.15, -0.1) is 0 Å². The van der Waals surface area contributed by atoms with Crippen molar-refractivity contribution in [3.05, 3.63) is 72.3 Å². The predicted molar refractivity (Wildman–Crippen MR) is 127 cm³/mol. The van der Waals surface area contributed by atoms with Gasteiger partial charge in [0.2, 0.25) is 0 Å². The summed E-state index contributed by atoms with van der Waals surface area (Å²) in [6.45, 7) is 6.75. The maximum atomic E-state index is 12.7. The zero-order chi connectivity index (χ0) is 21.6. The molecule has 5 nitrogen and oxygen atoms in total. The highest BCUT2D eigenvalue weighted by molar-refractivity contribution is 5.84. The smallest absolute Gasteiger partial charge is 0.261 e. The van der Waals surface area contributed by atoms with Crippen LogP contribution in [0.5, 0.6) is 5.75 Å². The van der Waals surface area contributed by atoms with Crippen LogP contribution in [0.4, 0.5) is 5.69 Å². The average Bonchev–Trinajstić information content (AvgIpc) is 2.82. The van der Waals surface area contributed by atoms with E-state index < -0.39 is 6.10 Å². The Bertz CT molecular complexity index is 1010. The van der Waals surface area contributed by atoms with Gasteiger partial charge >= 0.3 is 0 Å². The maximum Gasteiger partial charge on any atom is 0.261 e. The van der Waals surface area contributed by atoms with Crippen LogP contribution in [0.25, 0.3) is 10.8 Å². The van der Waals surface area contributed by atoms with E-state index in [0.29, 0.717) is 13.0 Å². The molecule has 5 heteroatoms. The summed E-state index contributed by atoms with van der Waals surface area (Å²) in [4.78, 5) is 17.5. The van der Waals surface area contributed by atoms with E-state index >= 15 is 0 Å². The number of hydrogen-bond acceptors (Lipinski definition) is 4. The molecule has 0 radical (unpaired) electrons. The molecule has 3 aromatic carbocycles. The largest absolute Gasteiger partial charge is 0.481 e. The van der Waals surface area contributed by atoms with Gasteiger partial charge in [0.1, 0.15) is 5.75 Å². The molecule has 1 fully saturated rings. The van der Waals surface area contributed by atoms with E-state index in [1.807, 2.05) is 37.3 Å². The van der Waals surface area contributed by atoms with Crippen LogP contribution in [0.3, 0.4) is 0 Å². The van der Waals surface area contributed by atoms with Gasteiger partial charge in [0.15, 0.2) is 6.10 Å². The number of nitrogens with zero attached hydrogens (tertiary/aromatic N) is 2. The molecule has 162 valence electrons. The van der Waals surface area contributed by atoms with E-state index in [0.717, 1.165) is 48.3 Å². The quantitative estimate of drug-likeness (QED) is 0.630. The Morgan fingerprint density at radius 2 is 1.68 bits per heavy atom. The highest BCUT2D eigenvalue weighted by Crippen LogP contribution is 2.22. The first-order valence-electron chi connectivity index (χ1n) is 11.1. The Kier molecular flexibility index (Phi) is 6.73. The van der Waals surface area contributed by atoms with Gasteiger partial charge in [0.05, 0.1) is 0 Å². The van der Waals surface area contributed by atoms with Crippen molar-refractivity contribution in [1.82, 2.24) is 10.2 Å². The third-order valence-corrected chi connectivity index (χ3v) is 5.93. The molecule has 3 aromatic rings. The molecule has 1 unspecified atom stereocenters. The molecule has 0 aromatic heterocycles. The fourth-order valence-corrected chi connectivity index (χ4v) is 3.92. The summed E-state index contributed by atoms with van der Waals surface area (Å²) >= 11 is 0. The molecule has 0 saturated carbocycles. The van der Waals surface area contributed by atoms with E-state index in [9.17, 15) is 4.79 Å². The standard InChI is InChI=1S/C26H31N3O2/c1-3-25(31-24-13-10-21-6-4-5-7-22(21)18-24)26(30)27-19-20-8-11-23(12-9-20)29-16-14-28(2)15-17-29/h4-13,18,25H,3,14-17,19H2,1-2H3,(H,27,30). The first kappa shape index (κ1) is 21.2. The van der Waals surface area contributed by atoms with Crippen molar-refractivity contribution >= 4 is 22.4 Å². The molecular weight excluding hydrogens is 386 g/mol. The van der Waals surface area contributed by atoms with E-state index in [1.165, 1.54) is 5.69 Å². The number of amides is 1. The molecule has 1 aliphatic rings. The van der Waals surface area contributed by atoms with Crippen LogP contribution in [0.15, 0.2) is 66.7 Å². The third kappa shape index (κ3) is 5.36. The number of carbonyl (C=O) groups excluding carboxylic acids is 1. The normalized spacial score (nSPS) is 15.6. The summed E-state index contributed by atoms with van der Waals surface area (Å²) in [5.74, 6) is 0.635. The Hall–Kier alpha value is -3.05. The summed E-state index contributed by atoms with van der Waals surface area (Å²) in [7, 11) is 2.16. The molecule has 1 saturated heterocycles. The van der Waals surface area contributed by atoms with Gasteiger partial charge in [-0.25, -0.2) is 0 Å². The zero-order valence-electron chi connectivity index (χ0n) is 18.4. The minimum atomic E-state index is -0.509. The number of ether oxygens (including phenoxy) is 1. The molecule has 1 N–H and O–H groups in total. The topological polar surface area (TPSA) is 44.8 Å². The summed E-state index contributed by atoms with van der Waals surface area (Å²) in [6, 6.07) is 22.6. The lowest BCUT2D eigenvalue weighted by Gasteiger charge is -2.34. The van der Waals surface area contributed by atoms with E-state index in [1.54, 1.807) is 0 Å². The van der Waals surface area contributed by atoms with Crippen LogP contribution in [-0.4, -0.2) is 50.1 Å². The second kappa shape index (κ2) is 9.84. The van der Waals surface area contributed by atoms with Gasteiger partial charge in [0, 0.05) is 38.4 Å². The van der Waals surface area contributed by atoms with Crippen molar-refractivity contribution in [2.75, 3.05) is 38.1 Å². The van der Waals surface area contributed by atoms with Gasteiger partial charge in [0.25, 0.3) is 5.91 Å². The highest BCUT2D eigenvalue weighted by atomic mass is 16.5. The van der Waals surface area contributed by atoms with Crippen LogP contribution in [0, 0.1) is 0 Å². The Morgan fingerprint density at radius 1 is 0.968 bits per heavy atom. The van der Waals surface area contributed by atoms with E-state index in [4.69, 9.17) is 4.74 Å². The number of nitrogens with one attached hydrogen (secondary N) is 1. The lowest BCUT2D eigenvalue weighted by Crippen LogP contribution is -2.44. The molecule has 31 heavy (non-hydrogen) atoms. The first-order chi connectivity index (χ1) is 15.1. The highest BCUT2D eigenvalue weighted by Gasteiger charge is 2.18. The molecule has 4 rings (SSSR count). The molecule has 1 amide bonds. The van der Waals surface area contributed by atoms with Crippen molar-refractivity contribution in [2.24, 2.45) is 0 Å². The van der Waals surface area contributed by atoms with Crippen molar-refractivity contribution in [1.29, 1.82) is 0 Å². The second-order valence-electron chi connectivity index (χ2n) is 8.20. The molecule has 1 aliphatic heterocycles. The van der Waals surface area contributed by atoms with Gasteiger partial charge in [-0.1, -0.05) is 49.4 Å². The SMILES string of the molecule is CCC(Oc1ccc2ccccc2c1)C(=O)NCc1ccc(N2CCN(C)CC2)cc1. The summed E-state index contributed by atoms with van der Waals surface area (Å²) < 4.78 is 6.01. The first-order valence-corrected chi connectivity index (χ1v) is 11.1. The Morgan fingerprint density at radius 3 is 2.39 bits per heavy atom. The molecule has 1 atom stereocenters. The summed E-state index contributed by atoms with van der Waals surface area (Å²) in [5, 5.41) is 5.29. The lowest BCUT2D eigenvalue weighted by molar-refractivity contribution is -0.128. The van der Waals surface area contributed by atoms with Crippen molar-refractivity contribution in [2.45, 2.75) is 26.0 Å². The van der Waals surface area contributed by atoms with Crippen LogP contribution in [0.2, 0.25) is 0 Å². The number of anilines is 1. The molecular formula is C26H31N3O2. The minimum absolute atomic E-state index is 0.0844. The van der Waals surface area contributed by atoms with Crippen LogP contribution in [-0.2, 0) is 11.3 Å². The second-order valence-corrected chi connectivity index (χ2v) is 8.20. The number of hydrogen-bond donors (Lipinski definition) is 1. The fourth-order valence-electron chi connectivity index (χ4n) is 3.92. The van der Waals surface area contributed by atoms with Crippen molar-refractivity contribution in [3.8, 4) is 5.75 Å². The van der Waals surface area contributed by atoms with Crippen LogP contribution < -0.4 is 15.0 Å². The number of likely N-dealkylation sites (N-methyl/N-ethyl adjacent to an activating group) is 1. The zero-order valence-corrected chi connectivity index (χ0v) is 18.4. The minimum Gasteiger partial charge on any atom is -0.481 e. The molecule has 0 spiro atoms. The van der Waals surface area contributed by atoms with Crippen LogP contribution >= 0.6 is 0 Å². The monoisotopic (exact) mass is 417 g/mol. The Balaban J connectivity index is 1.32. The maximum absolute atomic E-state index is 12.7. The van der Waals surface area contributed by atoms with Crippen LogP contribution in [0.1, 0.15) is 18.9 Å². The van der Waals surface area contributed by atoms with Crippen molar-refractivity contribution in [3.63, 3.8) is 0 Å². The number of fused-ring (bicyclic) bond motifs is 1. The third-order valence-electron chi connectivity index (χ3n) is 5.93. The van der Waals surface area contributed by atoms with Gasteiger partial charge < -0.3 is 19.9 Å². The summed E-state index contributed by atoms with van der Waals surface area (Å²) in [5.41, 5.74) is 2.33. The van der Waals surface area contributed by atoms with Gasteiger partial charge in [-0.2, -0.15) is 0 Å². The number of rotatable bonds is 7. The molecule has 0 bridgehead atoms. The predicted octanol–water partition coefficient (Wildman–Crippen LogP) is 4.07.